The largest absolute Gasteiger partial charge is 0.461 e. The Morgan fingerprint density at radius 1 is 0.880 bits per heavy atom. The molecule has 134 valence electrons. The molecule has 0 heterocycles. The summed E-state index contributed by atoms with van der Waals surface area (Å²) in [5.41, 5.74) is 2.44. The van der Waals surface area contributed by atoms with Crippen LogP contribution in [0.25, 0.3) is 0 Å². The molecule has 2 nitrogen and oxygen atoms in total. The highest BCUT2D eigenvalue weighted by Crippen LogP contribution is 2.30. The number of hydrogen-bond acceptors (Lipinski definition) is 2. The average molecular weight is 338 g/mol. The third kappa shape index (κ3) is 5.09. The maximum atomic E-state index is 6.36. The first-order valence-corrected chi connectivity index (χ1v) is 9.73. The smallest absolute Gasteiger partial charge is 0.226 e. The van der Waals surface area contributed by atoms with E-state index in [4.69, 9.17) is 9.47 Å². The lowest BCUT2D eigenvalue weighted by atomic mass is 9.98. The molecule has 0 amide bonds. The number of rotatable bonds is 7. The molecule has 0 spiro atoms. The van der Waals surface area contributed by atoms with Gasteiger partial charge in [-0.15, -0.1) is 0 Å². The van der Waals surface area contributed by atoms with E-state index in [-0.39, 0.29) is 6.29 Å². The van der Waals surface area contributed by atoms with E-state index in [0.29, 0.717) is 12.0 Å². The maximum absolute atomic E-state index is 6.36. The van der Waals surface area contributed by atoms with Crippen molar-refractivity contribution in [1.29, 1.82) is 0 Å². The Kier molecular flexibility index (Phi) is 6.52. The van der Waals surface area contributed by atoms with Gasteiger partial charge in [0.1, 0.15) is 5.75 Å². The zero-order valence-corrected chi connectivity index (χ0v) is 15.5. The van der Waals surface area contributed by atoms with Gasteiger partial charge in [0.15, 0.2) is 0 Å². The van der Waals surface area contributed by atoms with Crippen LogP contribution in [0.5, 0.6) is 5.75 Å². The van der Waals surface area contributed by atoms with Crippen LogP contribution in [0, 0.1) is 0 Å². The lowest BCUT2D eigenvalue weighted by Gasteiger charge is -2.28. The van der Waals surface area contributed by atoms with Crippen LogP contribution in [-0.2, 0) is 4.74 Å². The average Bonchev–Trinajstić information content (AvgIpc) is 2.69. The first-order chi connectivity index (χ1) is 12.3. The molecule has 2 aromatic rings. The lowest BCUT2D eigenvalue weighted by molar-refractivity contribution is -0.131. The molecule has 2 aromatic carbocycles. The van der Waals surface area contributed by atoms with E-state index in [1.54, 1.807) is 0 Å². The lowest BCUT2D eigenvalue weighted by Crippen LogP contribution is -2.23. The van der Waals surface area contributed by atoms with Gasteiger partial charge in [-0.3, -0.25) is 0 Å². The van der Waals surface area contributed by atoms with Crippen molar-refractivity contribution in [2.75, 3.05) is 0 Å². The van der Waals surface area contributed by atoms with Gasteiger partial charge in [0, 0.05) is 5.56 Å². The van der Waals surface area contributed by atoms with Crippen LogP contribution in [0.15, 0.2) is 54.6 Å². The molecule has 1 fully saturated rings. The topological polar surface area (TPSA) is 18.5 Å². The molecule has 2 unspecified atom stereocenters. The van der Waals surface area contributed by atoms with Gasteiger partial charge in [-0.25, -0.2) is 0 Å². The van der Waals surface area contributed by atoms with Gasteiger partial charge in [0.2, 0.25) is 6.29 Å². The third-order valence-corrected chi connectivity index (χ3v) is 5.24. The Balaban J connectivity index is 1.72. The van der Waals surface area contributed by atoms with Crippen LogP contribution in [0.1, 0.15) is 75.7 Å². The van der Waals surface area contributed by atoms with Gasteiger partial charge in [-0.05, 0) is 42.9 Å². The summed E-state index contributed by atoms with van der Waals surface area (Å²) in [5.74, 6) is 1.45. The van der Waals surface area contributed by atoms with E-state index >= 15 is 0 Å². The molecule has 0 N–H and O–H groups in total. The monoisotopic (exact) mass is 338 g/mol. The van der Waals surface area contributed by atoms with E-state index in [2.05, 4.69) is 50.2 Å². The van der Waals surface area contributed by atoms with E-state index in [1.165, 1.54) is 24.8 Å². The van der Waals surface area contributed by atoms with Crippen LogP contribution in [0.3, 0.4) is 0 Å². The van der Waals surface area contributed by atoms with Crippen molar-refractivity contribution in [1.82, 2.24) is 0 Å². The Morgan fingerprint density at radius 2 is 1.56 bits per heavy atom. The minimum Gasteiger partial charge on any atom is -0.461 e. The van der Waals surface area contributed by atoms with E-state index < -0.39 is 0 Å². The molecular formula is C23H30O2. The zero-order chi connectivity index (χ0) is 17.5. The van der Waals surface area contributed by atoms with Crippen molar-refractivity contribution in [2.24, 2.45) is 0 Å². The fourth-order valence-electron chi connectivity index (χ4n) is 3.39. The molecule has 3 rings (SSSR count). The molecule has 1 aliphatic rings. The summed E-state index contributed by atoms with van der Waals surface area (Å²) < 4.78 is 12.6. The highest BCUT2D eigenvalue weighted by atomic mass is 16.7. The fraction of sp³-hybridized carbons (Fsp3) is 0.478. The van der Waals surface area contributed by atoms with Crippen LogP contribution >= 0.6 is 0 Å². The Morgan fingerprint density at radius 3 is 2.20 bits per heavy atom. The molecule has 1 aliphatic carbocycles. The fourth-order valence-corrected chi connectivity index (χ4v) is 3.39. The summed E-state index contributed by atoms with van der Waals surface area (Å²) >= 11 is 0. The normalized spacial score (nSPS) is 17.8. The molecule has 25 heavy (non-hydrogen) atoms. The molecular weight excluding hydrogens is 308 g/mol. The van der Waals surface area contributed by atoms with Crippen molar-refractivity contribution in [2.45, 2.75) is 70.7 Å². The molecule has 0 radical (unpaired) electrons. The van der Waals surface area contributed by atoms with Gasteiger partial charge in [-0.2, -0.15) is 0 Å². The van der Waals surface area contributed by atoms with E-state index in [9.17, 15) is 0 Å². The van der Waals surface area contributed by atoms with Crippen LogP contribution in [0.2, 0.25) is 0 Å². The van der Waals surface area contributed by atoms with Gasteiger partial charge in [-0.1, -0.05) is 75.6 Å². The molecule has 0 saturated heterocycles. The summed E-state index contributed by atoms with van der Waals surface area (Å²) in [6.07, 6.45) is 7.24. The van der Waals surface area contributed by atoms with E-state index in [1.807, 2.05) is 18.2 Å². The highest BCUT2D eigenvalue weighted by Gasteiger charge is 2.22. The first kappa shape index (κ1) is 18.0. The van der Waals surface area contributed by atoms with Gasteiger partial charge in [0.25, 0.3) is 0 Å². The SMILES string of the molecule is CCC(C)c1ccc(OC(OC2CCCCC2)c2ccccc2)cc1. The molecule has 0 aliphatic heterocycles. The second-order valence-corrected chi connectivity index (χ2v) is 7.13. The molecule has 0 bridgehead atoms. The quantitative estimate of drug-likeness (QED) is 0.528. The maximum Gasteiger partial charge on any atom is 0.226 e. The first-order valence-electron chi connectivity index (χ1n) is 9.73. The van der Waals surface area contributed by atoms with Crippen LogP contribution in [-0.4, -0.2) is 6.10 Å². The van der Waals surface area contributed by atoms with Crippen molar-refractivity contribution >= 4 is 0 Å². The molecule has 2 heteroatoms. The van der Waals surface area contributed by atoms with Crippen molar-refractivity contribution < 1.29 is 9.47 Å². The minimum absolute atomic E-state index is 0.304. The summed E-state index contributed by atoms with van der Waals surface area (Å²) in [6, 6.07) is 18.8. The van der Waals surface area contributed by atoms with Gasteiger partial charge in [0.05, 0.1) is 6.10 Å². The number of hydrogen-bond donors (Lipinski definition) is 0. The minimum atomic E-state index is -0.334. The summed E-state index contributed by atoms with van der Waals surface area (Å²) in [6.45, 7) is 4.48. The number of ether oxygens (including phenoxy) is 2. The Bertz CT molecular complexity index is 614. The van der Waals surface area contributed by atoms with Gasteiger partial charge < -0.3 is 9.47 Å². The Labute approximate surface area is 152 Å². The predicted molar refractivity (Wildman–Crippen MR) is 103 cm³/mol. The molecule has 1 saturated carbocycles. The summed E-state index contributed by atoms with van der Waals surface area (Å²) in [5, 5.41) is 0. The second-order valence-electron chi connectivity index (χ2n) is 7.13. The van der Waals surface area contributed by atoms with Crippen molar-refractivity contribution in [3.8, 4) is 5.75 Å². The van der Waals surface area contributed by atoms with Crippen LogP contribution in [0.4, 0.5) is 0 Å². The third-order valence-electron chi connectivity index (χ3n) is 5.24. The molecule has 2 atom stereocenters. The second kappa shape index (κ2) is 9.05. The number of benzene rings is 2. The zero-order valence-electron chi connectivity index (χ0n) is 15.5. The highest BCUT2D eigenvalue weighted by molar-refractivity contribution is 5.30. The standard InChI is InChI=1S/C23H30O2/c1-3-18(2)19-14-16-22(17-15-19)25-23(20-10-6-4-7-11-20)24-21-12-8-5-9-13-21/h4,6-7,10-11,14-18,21,23H,3,5,8-9,12-13H2,1-2H3. The van der Waals surface area contributed by atoms with Gasteiger partial charge >= 0.3 is 0 Å². The molecule has 0 aromatic heterocycles. The summed E-state index contributed by atoms with van der Waals surface area (Å²) in [4.78, 5) is 0. The Hall–Kier alpha value is -1.80. The summed E-state index contributed by atoms with van der Waals surface area (Å²) in [7, 11) is 0. The van der Waals surface area contributed by atoms with E-state index in [0.717, 1.165) is 30.6 Å². The van der Waals surface area contributed by atoms with Crippen LogP contribution < -0.4 is 4.74 Å². The predicted octanol–water partition coefficient (Wildman–Crippen LogP) is 6.63. The van der Waals surface area contributed by atoms with Crippen molar-refractivity contribution in [3.05, 3.63) is 65.7 Å². The van der Waals surface area contributed by atoms with Crippen molar-refractivity contribution in [3.63, 3.8) is 0 Å².